The predicted octanol–water partition coefficient (Wildman–Crippen LogP) is 3.38. The minimum absolute atomic E-state index is 0.535. The summed E-state index contributed by atoms with van der Waals surface area (Å²) in [5.74, 6) is 0.535. The Morgan fingerprint density at radius 1 is 1.56 bits per heavy atom. The summed E-state index contributed by atoms with van der Waals surface area (Å²) in [4.78, 5) is 1.27. The van der Waals surface area contributed by atoms with Crippen molar-refractivity contribution in [2.24, 2.45) is 7.05 Å². The van der Waals surface area contributed by atoms with Crippen molar-refractivity contribution < 1.29 is 0 Å². The molecule has 3 nitrogen and oxygen atoms in total. The molecule has 0 aromatic carbocycles. The molecule has 1 unspecified atom stereocenters. The van der Waals surface area contributed by atoms with Crippen LogP contribution in [0.5, 0.6) is 0 Å². The Balaban J connectivity index is 2.00. The van der Waals surface area contributed by atoms with Gasteiger partial charge in [0.25, 0.3) is 0 Å². The number of halogens is 1. The van der Waals surface area contributed by atoms with E-state index < -0.39 is 0 Å². The molecule has 3 heterocycles. The molecule has 0 amide bonds. The average Bonchev–Trinajstić information content (AvgIpc) is 2.99. The lowest BCUT2D eigenvalue weighted by Gasteiger charge is -2.21. The van der Waals surface area contributed by atoms with Crippen molar-refractivity contribution in [3.8, 4) is 10.6 Å². The quantitative estimate of drug-likeness (QED) is 0.917. The Hall–Kier alpha value is -0.650. The lowest BCUT2D eigenvalue weighted by molar-refractivity contribution is 0.450. The first-order valence-electron chi connectivity index (χ1n) is 6.24. The van der Waals surface area contributed by atoms with E-state index in [9.17, 15) is 0 Å². The first kappa shape index (κ1) is 12.4. The van der Waals surface area contributed by atoms with Crippen LogP contribution in [0.2, 0.25) is 0 Å². The van der Waals surface area contributed by atoms with Crippen molar-refractivity contribution in [2.45, 2.75) is 18.8 Å². The third kappa shape index (κ3) is 2.15. The maximum atomic E-state index is 4.73. The maximum absolute atomic E-state index is 4.73. The first-order valence-corrected chi connectivity index (χ1v) is 7.91. The van der Waals surface area contributed by atoms with Gasteiger partial charge in [0.1, 0.15) is 0 Å². The van der Waals surface area contributed by atoms with Crippen LogP contribution in [-0.2, 0) is 7.05 Å². The van der Waals surface area contributed by atoms with Crippen LogP contribution >= 0.6 is 27.3 Å². The number of rotatable bonds is 2. The molecular formula is C13H16BrN3S. The summed E-state index contributed by atoms with van der Waals surface area (Å²) >= 11 is 5.51. The maximum Gasteiger partial charge on any atom is 0.0923 e. The zero-order valence-corrected chi connectivity index (χ0v) is 12.7. The van der Waals surface area contributed by atoms with Gasteiger partial charge in [0.15, 0.2) is 0 Å². The van der Waals surface area contributed by atoms with Crippen molar-refractivity contribution in [2.75, 3.05) is 13.1 Å². The number of thiophene rings is 1. The Labute approximate surface area is 119 Å². The van der Waals surface area contributed by atoms with Crippen molar-refractivity contribution in [1.29, 1.82) is 0 Å². The molecule has 2 aromatic heterocycles. The SMILES string of the molecule is Cn1nc(C2CCCNC2)c(Br)c1-c1cccs1. The summed E-state index contributed by atoms with van der Waals surface area (Å²) < 4.78 is 3.17. The Kier molecular flexibility index (Phi) is 3.54. The Bertz CT molecular complexity index is 527. The lowest BCUT2D eigenvalue weighted by atomic mass is 9.96. The van der Waals surface area contributed by atoms with Crippen LogP contribution in [0.25, 0.3) is 10.6 Å². The Morgan fingerprint density at radius 2 is 2.44 bits per heavy atom. The standard InChI is InChI=1S/C13H16BrN3S/c1-17-13(10-5-3-7-18-10)11(14)12(16-17)9-4-2-6-15-8-9/h3,5,7,9,15H,2,4,6,8H2,1H3. The zero-order chi connectivity index (χ0) is 12.5. The molecule has 3 rings (SSSR count). The van der Waals surface area contributed by atoms with Crippen molar-refractivity contribution >= 4 is 27.3 Å². The molecule has 1 atom stereocenters. The van der Waals surface area contributed by atoms with Gasteiger partial charge in [-0.1, -0.05) is 6.07 Å². The molecular weight excluding hydrogens is 310 g/mol. The highest BCUT2D eigenvalue weighted by Crippen LogP contribution is 2.37. The molecule has 1 aliphatic heterocycles. The molecule has 0 aliphatic carbocycles. The van der Waals surface area contributed by atoms with Crippen LogP contribution in [0.15, 0.2) is 22.0 Å². The van der Waals surface area contributed by atoms with Gasteiger partial charge >= 0.3 is 0 Å². The second-order valence-corrected chi connectivity index (χ2v) is 6.43. The van der Waals surface area contributed by atoms with Gasteiger partial charge in [-0.05, 0) is 46.8 Å². The highest BCUT2D eigenvalue weighted by Gasteiger charge is 2.24. The predicted molar refractivity (Wildman–Crippen MR) is 79.1 cm³/mol. The summed E-state index contributed by atoms with van der Waals surface area (Å²) in [6, 6.07) is 4.23. The van der Waals surface area contributed by atoms with Gasteiger partial charge in [0, 0.05) is 19.5 Å². The van der Waals surface area contributed by atoms with E-state index >= 15 is 0 Å². The van der Waals surface area contributed by atoms with E-state index in [2.05, 4.69) is 38.8 Å². The highest BCUT2D eigenvalue weighted by atomic mass is 79.9. The molecule has 1 aliphatic rings. The van der Waals surface area contributed by atoms with Crippen molar-refractivity contribution in [3.63, 3.8) is 0 Å². The lowest BCUT2D eigenvalue weighted by Crippen LogP contribution is -2.28. The fraction of sp³-hybridized carbons (Fsp3) is 0.462. The molecule has 1 N–H and O–H groups in total. The number of aromatic nitrogens is 2. The molecule has 5 heteroatoms. The summed E-state index contributed by atoms with van der Waals surface area (Å²) in [5, 5.41) is 10.3. The molecule has 2 aromatic rings. The fourth-order valence-corrected chi connectivity index (χ4v) is 4.36. The molecule has 18 heavy (non-hydrogen) atoms. The Morgan fingerprint density at radius 3 is 3.11 bits per heavy atom. The van der Waals surface area contributed by atoms with E-state index in [1.807, 2.05) is 11.7 Å². The molecule has 0 radical (unpaired) electrons. The van der Waals surface area contributed by atoms with Gasteiger partial charge in [0.2, 0.25) is 0 Å². The van der Waals surface area contributed by atoms with Gasteiger partial charge in [0.05, 0.1) is 20.7 Å². The number of nitrogens with one attached hydrogen (secondary N) is 1. The smallest absolute Gasteiger partial charge is 0.0923 e. The van der Waals surface area contributed by atoms with Crippen molar-refractivity contribution in [1.82, 2.24) is 15.1 Å². The summed E-state index contributed by atoms with van der Waals surface area (Å²) in [6.07, 6.45) is 2.47. The van der Waals surface area contributed by atoms with Crippen LogP contribution in [0.3, 0.4) is 0 Å². The number of nitrogens with zero attached hydrogens (tertiary/aromatic N) is 2. The van der Waals surface area contributed by atoms with Crippen LogP contribution < -0.4 is 5.32 Å². The van der Waals surface area contributed by atoms with E-state index in [4.69, 9.17) is 5.10 Å². The molecule has 96 valence electrons. The monoisotopic (exact) mass is 325 g/mol. The first-order chi connectivity index (χ1) is 8.77. The second-order valence-electron chi connectivity index (χ2n) is 4.69. The second kappa shape index (κ2) is 5.15. The normalized spacial score (nSPS) is 20.2. The minimum atomic E-state index is 0.535. The van der Waals surface area contributed by atoms with E-state index in [0.29, 0.717) is 5.92 Å². The molecule has 0 saturated carbocycles. The third-order valence-corrected chi connectivity index (χ3v) is 5.11. The molecule has 1 saturated heterocycles. The van der Waals surface area contributed by atoms with Gasteiger partial charge < -0.3 is 5.32 Å². The highest BCUT2D eigenvalue weighted by molar-refractivity contribution is 9.10. The van der Waals surface area contributed by atoms with Crippen LogP contribution in [0, 0.1) is 0 Å². The van der Waals surface area contributed by atoms with Gasteiger partial charge in [-0.2, -0.15) is 5.10 Å². The molecule has 0 spiro atoms. The van der Waals surface area contributed by atoms with E-state index in [0.717, 1.165) is 13.1 Å². The van der Waals surface area contributed by atoms with E-state index in [1.165, 1.54) is 33.6 Å². The van der Waals surface area contributed by atoms with E-state index in [1.54, 1.807) is 11.3 Å². The zero-order valence-electron chi connectivity index (χ0n) is 10.3. The molecule has 1 fully saturated rings. The van der Waals surface area contributed by atoms with Crippen LogP contribution in [0.1, 0.15) is 24.5 Å². The summed E-state index contributed by atoms with van der Waals surface area (Å²) in [6.45, 7) is 2.18. The summed E-state index contributed by atoms with van der Waals surface area (Å²) in [7, 11) is 2.03. The average molecular weight is 326 g/mol. The largest absolute Gasteiger partial charge is 0.316 e. The van der Waals surface area contributed by atoms with Gasteiger partial charge in [-0.15, -0.1) is 11.3 Å². The molecule has 0 bridgehead atoms. The van der Waals surface area contributed by atoms with Crippen LogP contribution in [-0.4, -0.2) is 22.9 Å². The van der Waals surface area contributed by atoms with E-state index in [-0.39, 0.29) is 0 Å². The van der Waals surface area contributed by atoms with Gasteiger partial charge in [-0.3, -0.25) is 4.68 Å². The third-order valence-electron chi connectivity index (χ3n) is 3.45. The van der Waals surface area contributed by atoms with Gasteiger partial charge in [-0.25, -0.2) is 0 Å². The van der Waals surface area contributed by atoms with Crippen LogP contribution in [0.4, 0.5) is 0 Å². The fourth-order valence-electron chi connectivity index (χ4n) is 2.55. The number of hydrogen-bond acceptors (Lipinski definition) is 3. The number of aryl methyl sites for hydroxylation is 1. The number of piperidine rings is 1. The number of hydrogen-bond donors (Lipinski definition) is 1. The summed E-state index contributed by atoms with van der Waals surface area (Å²) in [5.41, 5.74) is 2.40. The van der Waals surface area contributed by atoms with Crippen molar-refractivity contribution in [3.05, 3.63) is 27.7 Å². The minimum Gasteiger partial charge on any atom is -0.316 e. The topological polar surface area (TPSA) is 29.9 Å².